The maximum absolute atomic E-state index is 11.7. The van der Waals surface area contributed by atoms with Gasteiger partial charge in [-0.15, -0.1) is 0 Å². The van der Waals surface area contributed by atoms with Crippen LogP contribution in [-0.4, -0.2) is 51.8 Å². The van der Waals surface area contributed by atoms with Gasteiger partial charge in [-0.3, -0.25) is 0 Å². The zero-order chi connectivity index (χ0) is 22.5. The molecule has 3 aliphatic heterocycles. The van der Waals surface area contributed by atoms with Crippen LogP contribution in [0.2, 0.25) is 0 Å². The van der Waals surface area contributed by atoms with E-state index in [1.807, 2.05) is 30.5 Å². The first-order valence-electron chi connectivity index (χ1n) is 11.1. The fourth-order valence-corrected chi connectivity index (χ4v) is 5.94. The predicted molar refractivity (Wildman–Crippen MR) is 127 cm³/mol. The van der Waals surface area contributed by atoms with Crippen LogP contribution in [0.15, 0.2) is 69.5 Å². The van der Waals surface area contributed by atoms with Gasteiger partial charge in [-0.05, 0) is 0 Å². The quantitative estimate of drug-likeness (QED) is 0.562. The molecule has 2 fully saturated rings. The summed E-state index contributed by atoms with van der Waals surface area (Å²) in [4.78, 5) is 20.4. The first-order chi connectivity index (χ1) is 16.3. The number of rotatable bonds is 5. The van der Waals surface area contributed by atoms with Gasteiger partial charge < -0.3 is 0 Å². The molecule has 3 aliphatic rings. The summed E-state index contributed by atoms with van der Waals surface area (Å²) in [5.41, 5.74) is 4.30. The molecule has 0 spiro atoms. The van der Waals surface area contributed by atoms with Crippen LogP contribution in [0.3, 0.4) is 0 Å². The van der Waals surface area contributed by atoms with E-state index in [1.165, 1.54) is 14.8 Å². The number of halogens is 1. The van der Waals surface area contributed by atoms with Gasteiger partial charge in [-0.2, -0.15) is 0 Å². The van der Waals surface area contributed by atoms with Crippen LogP contribution in [-0.2, 0) is 9.47 Å². The number of nitrogens with zero attached hydrogens (tertiary/aromatic N) is 3. The van der Waals surface area contributed by atoms with E-state index < -0.39 is 0 Å². The molecule has 0 atom stereocenters. The third-order valence-electron chi connectivity index (χ3n) is 5.63. The van der Waals surface area contributed by atoms with Crippen LogP contribution in [0.1, 0.15) is 12.0 Å². The number of amides is 1. The summed E-state index contributed by atoms with van der Waals surface area (Å²) < 4.78 is 14.2. The van der Waals surface area contributed by atoms with E-state index in [0.29, 0.717) is 13.2 Å². The molecule has 2 saturated heterocycles. The first-order valence-corrected chi connectivity index (χ1v) is 13.4. The minimum atomic E-state index is -0.354. The Kier molecular flexibility index (Phi) is 6.92. The Morgan fingerprint density at radius 1 is 0.970 bits per heavy atom. The molecule has 1 amide bonds. The van der Waals surface area contributed by atoms with Crippen molar-refractivity contribution in [1.82, 2.24) is 0 Å². The topological polar surface area (TPSA) is 66.4 Å². The third kappa shape index (κ3) is 5.39. The fourth-order valence-electron chi connectivity index (χ4n) is 3.93. The molecule has 2 aromatic rings. The van der Waals surface area contributed by atoms with Crippen molar-refractivity contribution in [2.45, 2.75) is 6.42 Å². The van der Waals surface area contributed by atoms with Crippen LogP contribution in [0.4, 0.5) is 21.9 Å². The van der Waals surface area contributed by atoms with E-state index in [4.69, 9.17) is 9.47 Å². The van der Waals surface area contributed by atoms with Gasteiger partial charge in [-0.1, -0.05) is 0 Å². The second kappa shape index (κ2) is 10.4. The van der Waals surface area contributed by atoms with Gasteiger partial charge in [0.2, 0.25) is 0 Å². The molecular weight excluding hydrogens is 531 g/mol. The molecule has 0 bridgehead atoms. The van der Waals surface area contributed by atoms with Gasteiger partial charge in [-0.25, -0.2) is 0 Å². The van der Waals surface area contributed by atoms with Gasteiger partial charge in [0.25, 0.3) is 0 Å². The minimum absolute atomic E-state index is 0.289. The molecule has 8 heteroatoms. The molecule has 3 heterocycles. The number of benzene rings is 2. The molecule has 7 nitrogen and oxygen atoms in total. The van der Waals surface area contributed by atoms with Crippen molar-refractivity contribution in [3.8, 4) is 0 Å². The van der Waals surface area contributed by atoms with Crippen molar-refractivity contribution in [3.05, 3.63) is 70.1 Å². The van der Waals surface area contributed by atoms with Crippen LogP contribution < -0.4 is 36.3 Å². The number of ether oxygens (including phenoxy) is 2. The number of nitrogens with one attached hydrogen (secondary N) is 1. The Hall–Kier alpha value is -2.85. The SMILES string of the molecule is O=C1OCCN1c1ccc(NC2=C[I-]C(c3cccc(N4CCCOCC4)c3)=CC=N2)cc1. The van der Waals surface area contributed by atoms with E-state index in [-0.39, 0.29) is 27.3 Å². The second-order valence-electron chi connectivity index (χ2n) is 7.84. The summed E-state index contributed by atoms with van der Waals surface area (Å²) >= 11 is -0.354. The Morgan fingerprint density at radius 2 is 1.88 bits per heavy atom. The Morgan fingerprint density at radius 3 is 2.73 bits per heavy atom. The third-order valence-corrected chi connectivity index (χ3v) is 8.19. The second-order valence-corrected chi connectivity index (χ2v) is 10.2. The molecule has 0 saturated carbocycles. The Bertz CT molecular complexity index is 1090. The first kappa shape index (κ1) is 22.0. The van der Waals surface area contributed by atoms with Crippen molar-refractivity contribution in [2.75, 3.05) is 54.6 Å². The van der Waals surface area contributed by atoms with Crippen LogP contribution in [0.25, 0.3) is 3.58 Å². The maximum atomic E-state index is 11.7. The van der Waals surface area contributed by atoms with Gasteiger partial charge >= 0.3 is 204 Å². The normalized spacial score (nSPS) is 19.1. The summed E-state index contributed by atoms with van der Waals surface area (Å²) in [5, 5.41) is 3.39. The molecule has 0 aliphatic carbocycles. The molecular formula is C25H26IN4O3-. The number of carbonyl (C=O) groups excluding carboxylic acids is 1. The van der Waals surface area contributed by atoms with Gasteiger partial charge in [0.05, 0.1) is 0 Å². The molecule has 0 aromatic heterocycles. The van der Waals surface area contributed by atoms with Gasteiger partial charge in [0.15, 0.2) is 0 Å². The van der Waals surface area contributed by atoms with Crippen LogP contribution in [0, 0.1) is 0 Å². The number of allylic oxidation sites excluding steroid dienone is 1. The average Bonchev–Trinajstić information content (AvgIpc) is 3.03. The molecule has 0 radical (unpaired) electrons. The molecule has 0 unspecified atom stereocenters. The van der Waals surface area contributed by atoms with Crippen molar-refractivity contribution in [2.24, 2.45) is 4.99 Å². The Balaban J connectivity index is 1.24. The van der Waals surface area contributed by atoms with Gasteiger partial charge in [0.1, 0.15) is 0 Å². The zero-order valence-electron chi connectivity index (χ0n) is 18.2. The molecule has 1 N–H and O–H groups in total. The summed E-state index contributed by atoms with van der Waals surface area (Å²) in [6.45, 7) is 4.63. The van der Waals surface area contributed by atoms with E-state index in [9.17, 15) is 4.79 Å². The number of hydrogen-bond acceptors (Lipinski definition) is 6. The average molecular weight is 557 g/mol. The van der Waals surface area contributed by atoms with Crippen molar-refractivity contribution in [1.29, 1.82) is 0 Å². The van der Waals surface area contributed by atoms with Crippen LogP contribution >= 0.6 is 0 Å². The summed E-state index contributed by atoms with van der Waals surface area (Å²) in [6.07, 6.45) is 4.78. The summed E-state index contributed by atoms with van der Waals surface area (Å²) in [6, 6.07) is 16.6. The molecule has 5 rings (SSSR count). The number of cyclic esters (lactones) is 1. The van der Waals surface area contributed by atoms with E-state index in [2.05, 4.69) is 49.6 Å². The standard InChI is InChI=1S/C25H26IN4O3/c31-25-30(13-16-33-25)21-7-5-20(6-8-21)28-24-18-26-23(9-10-27-24)19-3-1-4-22(17-19)29-11-2-14-32-15-12-29/h1,3-10,17-18,28H,2,11-16H2/q-1. The number of carbonyl (C=O) groups is 1. The molecule has 172 valence electrons. The fraction of sp³-hybridized carbons (Fsp3) is 0.280. The summed E-state index contributed by atoms with van der Waals surface area (Å²) in [5.74, 6) is 0.850. The van der Waals surface area contributed by atoms with E-state index in [1.54, 1.807) is 4.90 Å². The zero-order valence-corrected chi connectivity index (χ0v) is 20.4. The number of anilines is 3. The van der Waals surface area contributed by atoms with Crippen molar-refractivity contribution in [3.63, 3.8) is 0 Å². The number of hydrogen-bond donors (Lipinski definition) is 1. The van der Waals surface area contributed by atoms with E-state index >= 15 is 0 Å². The van der Waals surface area contributed by atoms with E-state index in [0.717, 1.165) is 49.9 Å². The molecule has 2 aromatic carbocycles. The monoisotopic (exact) mass is 557 g/mol. The van der Waals surface area contributed by atoms with Crippen molar-refractivity contribution < 1.29 is 35.5 Å². The number of aliphatic imine (C=N–C) groups is 1. The molecule has 33 heavy (non-hydrogen) atoms. The van der Waals surface area contributed by atoms with Gasteiger partial charge in [0, 0.05) is 0 Å². The predicted octanol–water partition coefficient (Wildman–Crippen LogP) is 1.30. The van der Waals surface area contributed by atoms with Crippen LogP contribution in [0.5, 0.6) is 0 Å². The van der Waals surface area contributed by atoms with Crippen molar-refractivity contribution >= 4 is 32.9 Å². The Labute approximate surface area is 204 Å². The summed E-state index contributed by atoms with van der Waals surface area (Å²) in [7, 11) is 0.